The third-order valence-corrected chi connectivity index (χ3v) is 8.01. The van der Waals surface area contributed by atoms with E-state index in [-0.39, 0.29) is 16.4 Å². The highest BCUT2D eigenvalue weighted by atomic mass is 35.7. The zero-order valence-corrected chi connectivity index (χ0v) is 22.1. The number of carbonyl (C=O) groups excluding carboxylic acids is 2. The third kappa shape index (κ3) is 6.38. The fourth-order valence-electron chi connectivity index (χ4n) is 3.34. The van der Waals surface area contributed by atoms with Gasteiger partial charge in [0.2, 0.25) is 0 Å². The smallest absolute Gasteiger partial charge is 0.269 e. The van der Waals surface area contributed by atoms with Crippen molar-refractivity contribution in [3.63, 3.8) is 0 Å². The van der Waals surface area contributed by atoms with Crippen LogP contribution in [0.5, 0.6) is 0 Å². The minimum Gasteiger partial charge on any atom is -0.269 e. The standard InChI is InChI=1S/C18H17NO5S.C7H7ClO2S/c1-12-7-9-14(10-8-12)25(22,23)24-11-13(2)19-17(20)15-5-3-4-6-16(15)18(19)21;1-6-2-4-7(5-3-6)11(8,9)10/h3-10,13H,11H2,1-2H3;2-5H,1H3/t13-;/m0./s1. The van der Waals surface area contributed by atoms with E-state index in [9.17, 15) is 26.4 Å². The molecule has 3 aromatic rings. The van der Waals surface area contributed by atoms with Crippen LogP contribution in [0.25, 0.3) is 0 Å². The number of hydrogen-bond acceptors (Lipinski definition) is 7. The summed E-state index contributed by atoms with van der Waals surface area (Å²) >= 11 is 0. The highest BCUT2D eigenvalue weighted by Gasteiger charge is 2.38. The number of aryl methyl sites for hydroxylation is 2. The predicted molar refractivity (Wildman–Crippen MR) is 135 cm³/mol. The lowest BCUT2D eigenvalue weighted by Crippen LogP contribution is -2.41. The summed E-state index contributed by atoms with van der Waals surface area (Å²) in [5, 5.41) is 0. The molecule has 4 rings (SSSR count). The van der Waals surface area contributed by atoms with Gasteiger partial charge < -0.3 is 0 Å². The van der Waals surface area contributed by atoms with Gasteiger partial charge in [0.05, 0.1) is 33.6 Å². The van der Waals surface area contributed by atoms with Crippen LogP contribution in [0.4, 0.5) is 0 Å². The van der Waals surface area contributed by atoms with Gasteiger partial charge in [0.25, 0.3) is 31.0 Å². The Kier molecular flexibility index (Phi) is 8.35. The van der Waals surface area contributed by atoms with Crippen molar-refractivity contribution in [1.82, 2.24) is 4.90 Å². The van der Waals surface area contributed by atoms with Crippen LogP contribution in [0.2, 0.25) is 0 Å². The van der Waals surface area contributed by atoms with E-state index in [1.165, 1.54) is 24.3 Å². The number of nitrogens with zero attached hydrogens (tertiary/aromatic N) is 1. The SMILES string of the molecule is Cc1ccc(S(=O)(=O)Cl)cc1.Cc1ccc(S(=O)(=O)OC[C@H](C)N2C(=O)c3ccccc3C2=O)cc1. The summed E-state index contributed by atoms with van der Waals surface area (Å²) in [5.74, 6) is -0.881. The molecule has 1 aliphatic heterocycles. The lowest BCUT2D eigenvalue weighted by atomic mass is 10.1. The number of fused-ring (bicyclic) bond motifs is 1. The molecule has 1 aliphatic rings. The van der Waals surface area contributed by atoms with Gasteiger partial charge in [-0.2, -0.15) is 8.42 Å². The number of rotatable bonds is 6. The van der Waals surface area contributed by atoms with Crippen LogP contribution in [-0.2, 0) is 23.4 Å². The van der Waals surface area contributed by atoms with E-state index >= 15 is 0 Å². The Bertz CT molecular complexity index is 1450. The molecule has 0 N–H and O–H groups in total. The molecule has 0 saturated carbocycles. The van der Waals surface area contributed by atoms with Gasteiger partial charge in [0, 0.05) is 10.7 Å². The second kappa shape index (κ2) is 10.9. The lowest BCUT2D eigenvalue weighted by molar-refractivity contribution is 0.0552. The molecule has 2 amide bonds. The van der Waals surface area contributed by atoms with Crippen molar-refractivity contribution in [2.24, 2.45) is 0 Å². The van der Waals surface area contributed by atoms with Crippen molar-refractivity contribution in [3.05, 3.63) is 95.1 Å². The minimum atomic E-state index is -3.95. The van der Waals surface area contributed by atoms with Crippen molar-refractivity contribution in [2.75, 3.05) is 6.61 Å². The topological polar surface area (TPSA) is 115 Å². The molecule has 190 valence electrons. The normalized spacial score (nSPS) is 14.2. The highest BCUT2D eigenvalue weighted by Crippen LogP contribution is 2.25. The fourth-order valence-corrected chi connectivity index (χ4v) is 5.10. The Hall–Kier alpha value is -3.05. The molecule has 0 radical (unpaired) electrons. The van der Waals surface area contributed by atoms with Crippen LogP contribution in [0.15, 0.2) is 82.6 Å². The second-order valence-electron chi connectivity index (χ2n) is 8.18. The van der Waals surface area contributed by atoms with Crippen LogP contribution >= 0.6 is 10.7 Å². The van der Waals surface area contributed by atoms with Gasteiger partial charge in [-0.15, -0.1) is 0 Å². The Morgan fingerprint density at radius 2 is 1.17 bits per heavy atom. The maximum Gasteiger partial charge on any atom is 0.297 e. The highest BCUT2D eigenvalue weighted by molar-refractivity contribution is 8.13. The first-order valence-corrected chi connectivity index (χ1v) is 14.5. The molecular weight excluding hydrogens is 526 g/mol. The number of benzene rings is 3. The minimum absolute atomic E-state index is 0.0349. The first kappa shape index (κ1) is 27.5. The van der Waals surface area contributed by atoms with Crippen LogP contribution in [-0.4, -0.2) is 46.2 Å². The van der Waals surface area contributed by atoms with E-state index in [4.69, 9.17) is 14.9 Å². The van der Waals surface area contributed by atoms with Crippen LogP contribution in [0, 0.1) is 13.8 Å². The largest absolute Gasteiger partial charge is 0.297 e. The van der Waals surface area contributed by atoms with Gasteiger partial charge in [-0.25, -0.2) is 8.42 Å². The van der Waals surface area contributed by atoms with Crippen molar-refractivity contribution >= 4 is 41.7 Å². The maximum atomic E-state index is 12.4. The zero-order valence-electron chi connectivity index (χ0n) is 19.7. The van der Waals surface area contributed by atoms with E-state index < -0.39 is 37.0 Å². The molecule has 0 bridgehead atoms. The van der Waals surface area contributed by atoms with Crippen molar-refractivity contribution in [2.45, 2.75) is 36.6 Å². The van der Waals surface area contributed by atoms with Crippen LogP contribution in [0.3, 0.4) is 0 Å². The molecule has 1 heterocycles. The molecule has 0 aliphatic carbocycles. The molecular formula is C25H24ClNO7S2. The average Bonchev–Trinajstić information content (AvgIpc) is 3.08. The number of amides is 2. The van der Waals surface area contributed by atoms with E-state index in [0.717, 1.165) is 16.0 Å². The molecule has 8 nitrogen and oxygen atoms in total. The maximum absolute atomic E-state index is 12.4. The molecule has 11 heteroatoms. The van der Waals surface area contributed by atoms with Gasteiger partial charge in [-0.1, -0.05) is 47.5 Å². The van der Waals surface area contributed by atoms with Crippen molar-refractivity contribution in [1.29, 1.82) is 0 Å². The number of imide groups is 1. The fraction of sp³-hybridized carbons (Fsp3) is 0.200. The molecule has 0 saturated heterocycles. The average molecular weight is 550 g/mol. The van der Waals surface area contributed by atoms with Crippen LogP contribution < -0.4 is 0 Å². The van der Waals surface area contributed by atoms with Crippen molar-refractivity contribution in [3.8, 4) is 0 Å². The van der Waals surface area contributed by atoms with E-state index in [1.807, 2.05) is 13.8 Å². The number of halogens is 1. The summed E-state index contributed by atoms with van der Waals surface area (Å²) in [4.78, 5) is 26.0. The summed E-state index contributed by atoms with van der Waals surface area (Å²) in [7, 11) is -2.42. The molecule has 3 aromatic carbocycles. The van der Waals surface area contributed by atoms with E-state index in [1.54, 1.807) is 55.5 Å². The monoisotopic (exact) mass is 549 g/mol. The van der Waals surface area contributed by atoms with E-state index in [0.29, 0.717) is 11.1 Å². The molecule has 0 unspecified atom stereocenters. The van der Waals surface area contributed by atoms with Gasteiger partial charge in [0.1, 0.15) is 0 Å². The Labute approximate surface area is 215 Å². The van der Waals surface area contributed by atoms with Gasteiger partial charge in [-0.3, -0.25) is 18.7 Å². The molecule has 0 fully saturated rings. The first-order chi connectivity index (χ1) is 16.8. The Morgan fingerprint density at radius 1 is 0.750 bits per heavy atom. The molecule has 0 aromatic heterocycles. The van der Waals surface area contributed by atoms with Crippen molar-refractivity contribution < 1.29 is 30.6 Å². The Balaban J connectivity index is 0.000000275. The quantitative estimate of drug-likeness (QED) is 0.255. The van der Waals surface area contributed by atoms with Crippen LogP contribution in [0.1, 0.15) is 38.8 Å². The number of hydrogen-bond donors (Lipinski definition) is 0. The second-order valence-corrected chi connectivity index (χ2v) is 12.4. The lowest BCUT2D eigenvalue weighted by Gasteiger charge is -2.22. The molecule has 1 atom stereocenters. The molecule has 0 spiro atoms. The summed E-state index contributed by atoms with van der Waals surface area (Å²) in [6, 6.07) is 18.4. The zero-order chi connectivity index (χ0) is 26.7. The molecule has 36 heavy (non-hydrogen) atoms. The van der Waals surface area contributed by atoms with Gasteiger partial charge in [-0.05, 0) is 57.2 Å². The summed E-state index contributed by atoms with van der Waals surface area (Å²) in [6.07, 6.45) is 0. The predicted octanol–water partition coefficient (Wildman–Crippen LogP) is 4.31. The summed E-state index contributed by atoms with van der Waals surface area (Å²) < 4.78 is 50.9. The van der Waals surface area contributed by atoms with Gasteiger partial charge >= 0.3 is 0 Å². The van der Waals surface area contributed by atoms with E-state index in [2.05, 4.69) is 0 Å². The third-order valence-electron chi connectivity index (χ3n) is 5.34. The first-order valence-electron chi connectivity index (χ1n) is 10.8. The number of carbonyl (C=O) groups is 2. The van der Waals surface area contributed by atoms with Gasteiger partial charge in [0.15, 0.2) is 0 Å². The Morgan fingerprint density at radius 3 is 1.58 bits per heavy atom. The summed E-state index contributed by atoms with van der Waals surface area (Å²) in [6.45, 7) is 5.00. The summed E-state index contributed by atoms with van der Waals surface area (Å²) in [5.41, 5.74) is 2.58.